The summed E-state index contributed by atoms with van der Waals surface area (Å²) in [6.07, 6.45) is 7.31. The molecule has 0 spiro atoms. The van der Waals surface area contributed by atoms with E-state index in [-0.39, 0.29) is 43.7 Å². The molecular formula is C37H60N4O11. The zero-order valence-electron chi connectivity index (χ0n) is 31.7. The van der Waals surface area contributed by atoms with Gasteiger partial charge in [0.05, 0.1) is 6.04 Å². The highest BCUT2D eigenvalue weighted by atomic mass is 16.6. The fourth-order valence-electron chi connectivity index (χ4n) is 7.72. The van der Waals surface area contributed by atoms with Crippen LogP contribution in [0.25, 0.3) is 0 Å². The lowest BCUT2D eigenvalue weighted by Gasteiger charge is -2.40. The monoisotopic (exact) mass is 736 g/mol. The summed E-state index contributed by atoms with van der Waals surface area (Å²) in [6.45, 7) is 9.60. The van der Waals surface area contributed by atoms with E-state index < -0.39 is 77.6 Å². The van der Waals surface area contributed by atoms with Crippen molar-refractivity contribution >= 4 is 41.7 Å². The summed E-state index contributed by atoms with van der Waals surface area (Å²) in [5.74, 6) is -5.41. The molecule has 0 aromatic rings. The molecule has 15 heteroatoms. The molecule has 0 aromatic carbocycles. The average Bonchev–Trinajstić information content (AvgIpc) is 3.43. The van der Waals surface area contributed by atoms with Crippen LogP contribution in [-0.4, -0.2) is 110 Å². The van der Waals surface area contributed by atoms with Crippen LogP contribution in [-0.2, 0) is 33.4 Å². The molecule has 4 amide bonds. The van der Waals surface area contributed by atoms with Gasteiger partial charge in [-0.2, -0.15) is 0 Å². The zero-order valence-corrected chi connectivity index (χ0v) is 31.7. The maximum absolute atomic E-state index is 14.9. The van der Waals surface area contributed by atoms with E-state index in [1.807, 2.05) is 0 Å². The third kappa shape index (κ3) is 12.9. The second-order valence-corrected chi connectivity index (χ2v) is 16.5. The number of aliphatic carboxylic acids is 2. The van der Waals surface area contributed by atoms with Gasteiger partial charge in [0.25, 0.3) is 5.78 Å². The highest BCUT2D eigenvalue weighted by molar-refractivity contribution is 6.35. The van der Waals surface area contributed by atoms with Crippen molar-refractivity contribution in [2.24, 2.45) is 11.8 Å². The van der Waals surface area contributed by atoms with E-state index in [4.69, 9.17) is 9.47 Å². The number of fused-ring (bicyclic) bond motifs is 1. The van der Waals surface area contributed by atoms with E-state index in [1.54, 1.807) is 41.5 Å². The lowest BCUT2D eigenvalue weighted by molar-refractivity contribution is -0.151. The number of unbranched alkanes of at least 4 members (excludes halogenated alkanes) is 1. The van der Waals surface area contributed by atoms with Crippen molar-refractivity contribution in [2.75, 3.05) is 13.1 Å². The number of ether oxygens (including phenoxy) is 2. The van der Waals surface area contributed by atoms with E-state index in [2.05, 4.69) is 10.6 Å². The molecule has 3 fully saturated rings. The van der Waals surface area contributed by atoms with Crippen LogP contribution < -0.4 is 10.6 Å². The normalized spacial score (nSPS) is 22.0. The number of nitrogens with zero attached hydrogens (tertiary/aromatic N) is 2. The Hall–Kier alpha value is -3.91. The van der Waals surface area contributed by atoms with Crippen LogP contribution in [0.3, 0.4) is 0 Å². The number of hydrogen-bond donors (Lipinski definition) is 4. The van der Waals surface area contributed by atoms with Crippen LogP contribution in [0.1, 0.15) is 131 Å². The van der Waals surface area contributed by atoms with Gasteiger partial charge < -0.3 is 35.2 Å². The van der Waals surface area contributed by atoms with Crippen molar-refractivity contribution in [1.82, 2.24) is 20.4 Å². The Morgan fingerprint density at radius 1 is 0.827 bits per heavy atom. The lowest BCUT2D eigenvalue weighted by atomic mass is 9.83. The number of ketones is 1. The van der Waals surface area contributed by atoms with Crippen LogP contribution in [0.4, 0.5) is 9.59 Å². The van der Waals surface area contributed by atoms with Crippen molar-refractivity contribution in [3.8, 4) is 0 Å². The zero-order chi connectivity index (χ0) is 38.8. The van der Waals surface area contributed by atoms with Gasteiger partial charge in [-0.3, -0.25) is 24.1 Å². The summed E-state index contributed by atoms with van der Waals surface area (Å²) in [6, 6.07) is -3.99. The maximum Gasteiger partial charge on any atom is 0.411 e. The predicted octanol–water partition coefficient (Wildman–Crippen LogP) is 4.64. The first kappa shape index (κ1) is 42.5. The number of alkyl carbamates (subject to hydrolysis) is 1. The molecule has 5 atom stereocenters. The third-order valence-corrected chi connectivity index (χ3v) is 9.95. The van der Waals surface area contributed by atoms with Crippen LogP contribution in [0, 0.1) is 11.8 Å². The number of likely N-dealkylation sites (tertiary alicyclic amines) is 1. The lowest BCUT2D eigenvalue weighted by Crippen LogP contribution is -2.59. The summed E-state index contributed by atoms with van der Waals surface area (Å²) in [5.41, 5.74) is -1.64. The molecule has 52 heavy (non-hydrogen) atoms. The Morgan fingerprint density at radius 2 is 1.44 bits per heavy atom. The Labute approximate surface area is 306 Å². The molecule has 3 rings (SSSR count). The molecule has 3 aliphatic rings. The number of carboxylic acid groups (broad SMARTS) is 2. The molecule has 2 aliphatic carbocycles. The first-order valence-corrected chi connectivity index (χ1v) is 18.8. The number of carboxylic acids is 2. The van der Waals surface area contributed by atoms with Gasteiger partial charge in [-0.05, 0) is 98.3 Å². The fourth-order valence-corrected chi connectivity index (χ4v) is 7.72. The molecule has 294 valence electrons. The number of carbonyl (C=O) groups is 7. The van der Waals surface area contributed by atoms with Crippen molar-refractivity contribution in [3.63, 3.8) is 0 Å². The van der Waals surface area contributed by atoms with Gasteiger partial charge in [0.2, 0.25) is 11.8 Å². The van der Waals surface area contributed by atoms with Gasteiger partial charge in [0, 0.05) is 12.6 Å². The Bertz CT molecular complexity index is 1300. The van der Waals surface area contributed by atoms with Crippen molar-refractivity contribution in [3.05, 3.63) is 0 Å². The van der Waals surface area contributed by atoms with Crippen molar-refractivity contribution in [1.29, 1.82) is 0 Å². The van der Waals surface area contributed by atoms with E-state index >= 15 is 0 Å². The Balaban J connectivity index is 1.88. The fraction of sp³-hybridized carbons (Fsp3) is 0.811. The highest BCUT2D eigenvalue weighted by Gasteiger charge is 2.51. The molecule has 1 aliphatic heterocycles. The first-order chi connectivity index (χ1) is 24.3. The summed E-state index contributed by atoms with van der Waals surface area (Å²) < 4.78 is 10.8. The minimum absolute atomic E-state index is 0.0181. The van der Waals surface area contributed by atoms with Crippen molar-refractivity contribution in [2.45, 2.75) is 167 Å². The molecule has 0 aromatic heterocycles. The van der Waals surface area contributed by atoms with Crippen LogP contribution in [0.5, 0.6) is 0 Å². The molecule has 0 bridgehead atoms. The van der Waals surface area contributed by atoms with Gasteiger partial charge >= 0.3 is 24.1 Å². The smallest absolute Gasteiger partial charge is 0.411 e. The molecule has 1 saturated heterocycles. The van der Waals surface area contributed by atoms with Gasteiger partial charge in [0.15, 0.2) is 0 Å². The minimum Gasteiger partial charge on any atom is -0.480 e. The maximum atomic E-state index is 14.9. The van der Waals surface area contributed by atoms with Gasteiger partial charge in [-0.15, -0.1) is 0 Å². The number of amides is 4. The van der Waals surface area contributed by atoms with E-state index in [0.717, 1.165) is 56.3 Å². The average molecular weight is 737 g/mol. The number of carbonyl (C=O) groups excluding carboxylic acids is 5. The SMILES string of the molecule is CC(C)(C)OC(=O)NCCCC[C@H](NC(=O)[C@@H]1CC2CCCCC2N1C(=O)[C@@H](CC1CCCCC1)N(CC(=O)O)C(=O)OC(C)(C)C)C(=O)C(=O)O. The molecule has 0 radical (unpaired) electrons. The van der Waals surface area contributed by atoms with Gasteiger partial charge in [-0.25, -0.2) is 14.4 Å². The van der Waals surface area contributed by atoms with Crippen LogP contribution in [0.15, 0.2) is 0 Å². The Kier molecular flexibility index (Phi) is 15.3. The summed E-state index contributed by atoms with van der Waals surface area (Å²) in [5, 5.41) is 24.7. The van der Waals surface area contributed by atoms with Crippen molar-refractivity contribution < 1.29 is 53.2 Å². The Morgan fingerprint density at radius 3 is 2.04 bits per heavy atom. The minimum atomic E-state index is -1.71. The summed E-state index contributed by atoms with van der Waals surface area (Å²) >= 11 is 0. The quantitative estimate of drug-likeness (QED) is 0.134. The third-order valence-electron chi connectivity index (χ3n) is 9.95. The second-order valence-electron chi connectivity index (χ2n) is 16.5. The second kappa shape index (κ2) is 18.7. The number of nitrogens with one attached hydrogen (secondary N) is 2. The van der Waals surface area contributed by atoms with Gasteiger partial charge in [-0.1, -0.05) is 44.9 Å². The molecule has 1 heterocycles. The van der Waals surface area contributed by atoms with E-state index in [0.29, 0.717) is 19.3 Å². The predicted molar refractivity (Wildman–Crippen MR) is 189 cm³/mol. The number of hydrogen-bond acceptors (Lipinski definition) is 9. The van der Waals surface area contributed by atoms with E-state index in [1.165, 1.54) is 4.90 Å². The molecule has 15 nitrogen and oxygen atoms in total. The largest absolute Gasteiger partial charge is 0.480 e. The summed E-state index contributed by atoms with van der Waals surface area (Å²) in [4.78, 5) is 93.8. The molecule has 2 unspecified atom stereocenters. The van der Waals surface area contributed by atoms with Crippen LogP contribution in [0.2, 0.25) is 0 Å². The summed E-state index contributed by atoms with van der Waals surface area (Å²) in [7, 11) is 0. The topological polar surface area (TPSA) is 209 Å². The molecule has 4 N–H and O–H groups in total. The van der Waals surface area contributed by atoms with Gasteiger partial charge in [0.1, 0.15) is 29.8 Å². The standard InChI is InChI=1S/C37H60N4O11/c1-36(2,3)51-34(49)38-19-13-12-17-25(30(44)33(47)48)39-31(45)27-21-24-16-10-11-18-26(24)41(27)32(46)28(20-23-14-8-7-9-15-23)40(22-29(42)43)35(50)52-37(4,5)6/h23-28H,7-22H2,1-6H3,(H,38,49)(H,39,45)(H,42,43)(H,47,48)/t24?,25-,26?,27-,28+/m0/s1. The highest BCUT2D eigenvalue weighted by Crippen LogP contribution is 2.41. The van der Waals surface area contributed by atoms with Crippen LogP contribution >= 0.6 is 0 Å². The number of rotatable bonds is 15. The molecular weight excluding hydrogens is 676 g/mol. The molecule has 2 saturated carbocycles. The number of Topliss-reactive ketones (excluding diaryl/α,β-unsaturated/α-hetero) is 1. The first-order valence-electron chi connectivity index (χ1n) is 18.8. The van der Waals surface area contributed by atoms with E-state index in [9.17, 15) is 43.8 Å².